The number of nitrogens with zero attached hydrogens (tertiary/aromatic N) is 2. The molecule has 0 aromatic heterocycles. The first kappa shape index (κ1) is 17.5. The highest BCUT2D eigenvalue weighted by atomic mass is 16.2. The van der Waals surface area contributed by atoms with Gasteiger partial charge in [-0.2, -0.15) is 0 Å². The van der Waals surface area contributed by atoms with E-state index in [2.05, 4.69) is 13.0 Å². The van der Waals surface area contributed by atoms with Crippen LogP contribution in [0.3, 0.4) is 0 Å². The third-order valence-electron chi connectivity index (χ3n) is 5.31. The molecule has 27 heavy (non-hydrogen) atoms. The lowest BCUT2D eigenvalue weighted by Crippen LogP contribution is -2.36. The first-order valence-corrected chi connectivity index (χ1v) is 9.41. The third kappa shape index (κ3) is 3.14. The number of rotatable bonds is 4. The van der Waals surface area contributed by atoms with Crippen LogP contribution in [0.4, 0.5) is 5.69 Å². The van der Waals surface area contributed by atoms with E-state index in [1.807, 2.05) is 17.0 Å². The molecule has 4 rings (SSSR count). The van der Waals surface area contributed by atoms with Crippen molar-refractivity contribution in [2.24, 2.45) is 0 Å². The van der Waals surface area contributed by atoms with Gasteiger partial charge in [0, 0.05) is 25.2 Å². The Labute approximate surface area is 158 Å². The van der Waals surface area contributed by atoms with Crippen LogP contribution in [0.25, 0.3) is 0 Å². The Bertz CT molecular complexity index is 900. The van der Waals surface area contributed by atoms with Crippen molar-refractivity contribution in [2.45, 2.75) is 32.6 Å². The Balaban J connectivity index is 1.39. The van der Waals surface area contributed by atoms with E-state index in [0.717, 1.165) is 25.1 Å². The van der Waals surface area contributed by atoms with Crippen LogP contribution in [0, 0.1) is 6.92 Å². The molecule has 0 fully saturated rings. The molecule has 0 saturated carbocycles. The van der Waals surface area contributed by atoms with Gasteiger partial charge in [0.25, 0.3) is 11.8 Å². The SMILES string of the molecule is Cc1ccc2c(c1)CCCN2C(=O)CCCN1C(=O)c2ccccc2C1=O. The molecule has 0 N–H and O–H groups in total. The van der Waals surface area contributed by atoms with Gasteiger partial charge in [0.2, 0.25) is 5.91 Å². The van der Waals surface area contributed by atoms with Gasteiger partial charge in [-0.25, -0.2) is 0 Å². The van der Waals surface area contributed by atoms with E-state index in [4.69, 9.17) is 0 Å². The van der Waals surface area contributed by atoms with Crippen molar-refractivity contribution >= 4 is 23.4 Å². The second kappa shape index (κ2) is 6.99. The lowest BCUT2D eigenvalue weighted by molar-refractivity contribution is -0.118. The van der Waals surface area contributed by atoms with E-state index in [1.165, 1.54) is 16.0 Å². The highest BCUT2D eigenvalue weighted by Gasteiger charge is 2.34. The minimum atomic E-state index is -0.262. The summed E-state index contributed by atoms with van der Waals surface area (Å²) in [6, 6.07) is 13.1. The molecule has 2 aromatic rings. The molecule has 0 spiro atoms. The van der Waals surface area contributed by atoms with Crippen molar-refractivity contribution < 1.29 is 14.4 Å². The maximum absolute atomic E-state index is 12.7. The Morgan fingerprint density at radius 1 is 1.04 bits per heavy atom. The monoisotopic (exact) mass is 362 g/mol. The van der Waals surface area contributed by atoms with Crippen LogP contribution in [-0.2, 0) is 11.2 Å². The molecule has 3 amide bonds. The van der Waals surface area contributed by atoms with Crippen molar-refractivity contribution in [2.75, 3.05) is 18.0 Å². The number of benzene rings is 2. The van der Waals surface area contributed by atoms with Crippen LogP contribution < -0.4 is 4.90 Å². The standard InChI is InChI=1S/C22H22N2O3/c1-15-10-11-19-16(14-15)6-4-12-23(19)20(25)9-5-13-24-21(26)17-7-2-3-8-18(17)22(24)27/h2-3,7-8,10-11,14H,4-6,9,12-13H2,1H3. The molecule has 0 atom stereocenters. The number of carbonyl (C=O) groups excluding carboxylic acids is 3. The van der Waals surface area contributed by atoms with E-state index in [1.54, 1.807) is 24.3 Å². The summed E-state index contributed by atoms with van der Waals surface area (Å²) in [5.41, 5.74) is 4.32. The van der Waals surface area contributed by atoms with E-state index in [9.17, 15) is 14.4 Å². The first-order valence-electron chi connectivity index (χ1n) is 9.41. The minimum Gasteiger partial charge on any atom is -0.312 e. The van der Waals surface area contributed by atoms with Gasteiger partial charge in [-0.3, -0.25) is 19.3 Å². The smallest absolute Gasteiger partial charge is 0.261 e. The fourth-order valence-electron chi connectivity index (χ4n) is 3.95. The molecule has 2 heterocycles. The summed E-state index contributed by atoms with van der Waals surface area (Å²) in [4.78, 5) is 40.6. The zero-order valence-electron chi connectivity index (χ0n) is 15.4. The highest BCUT2D eigenvalue weighted by molar-refractivity contribution is 6.21. The maximum atomic E-state index is 12.7. The molecular formula is C22H22N2O3. The van der Waals surface area contributed by atoms with Gasteiger partial charge in [0.05, 0.1) is 11.1 Å². The van der Waals surface area contributed by atoms with Gasteiger partial charge < -0.3 is 4.90 Å². The van der Waals surface area contributed by atoms with Crippen molar-refractivity contribution in [3.05, 3.63) is 64.7 Å². The van der Waals surface area contributed by atoms with Gasteiger partial charge >= 0.3 is 0 Å². The molecule has 0 radical (unpaired) electrons. The number of carbonyl (C=O) groups is 3. The van der Waals surface area contributed by atoms with Crippen molar-refractivity contribution in [3.63, 3.8) is 0 Å². The number of amides is 3. The Hall–Kier alpha value is -2.95. The summed E-state index contributed by atoms with van der Waals surface area (Å²) >= 11 is 0. The molecule has 0 unspecified atom stereocenters. The predicted octanol–water partition coefficient (Wildman–Crippen LogP) is 3.35. The average Bonchev–Trinajstić information content (AvgIpc) is 2.92. The minimum absolute atomic E-state index is 0.0522. The lowest BCUT2D eigenvalue weighted by Gasteiger charge is -2.30. The Kier molecular flexibility index (Phi) is 4.52. The molecule has 138 valence electrons. The largest absolute Gasteiger partial charge is 0.312 e. The molecule has 0 aliphatic carbocycles. The maximum Gasteiger partial charge on any atom is 0.261 e. The molecule has 2 aliphatic heterocycles. The lowest BCUT2D eigenvalue weighted by atomic mass is 9.99. The van der Waals surface area contributed by atoms with Crippen LogP contribution in [0.15, 0.2) is 42.5 Å². The Morgan fingerprint density at radius 2 is 1.74 bits per heavy atom. The van der Waals surface area contributed by atoms with E-state index < -0.39 is 0 Å². The third-order valence-corrected chi connectivity index (χ3v) is 5.31. The number of hydrogen-bond acceptors (Lipinski definition) is 3. The van der Waals surface area contributed by atoms with Crippen LogP contribution >= 0.6 is 0 Å². The van der Waals surface area contributed by atoms with Crippen LogP contribution in [-0.4, -0.2) is 35.7 Å². The van der Waals surface area contributed by atoms with Crippen molar-refractivity contribution in [3.8, 4) is 0 Å². The topological polar surface area (TPSA) is 57.7 Å². The number of imide groups is 1. The summed E-state index contributed by atoms with van der Waals surface area (Å²) in [6.07, 6.45) is 2.75. The van der Waals surface area contributed by atoms with Crippen LogP contribution in [0.1, 0.15) is 51.1 Å². The van der Waals surface area contributed by atoms with Crippen molar-refractivity contribution in [1.82, 2.24) is 4.90 Å². The van der Waals surface area contributed by atoms with E-state index in [-0.39, 0.29) is 24.3 Å². The van der Waals surface area contributed by atoms with Gasteiger partial charge in [-0.15, -0.1) is 0 Å². The quantitative estimate of drug-likeness (QED) is 0.784. The molecular weight excluding hydrogens is 340 g/mol. The van der Waals surface area contributed by atoms with Crippen LogP contribution in [0.5, 0.6) is 0 Å². The zero-order valence-corrected chi connectivity index (χ0v) is 15.4. The fourth-order valence-corrected chi connectivity index (χ4v) is 3.95. The molecule has 5 nitrogen and oxygen atoms in total. The second-order valence-electron chi connectivity index (χ2n) is 7.19. The Morgan fingerprint density at radius 3 is 2.44 bits per heavy atom. The van der Waals surface area contributed by atoms with E-state index >= 15 is 0 Å². The molecule has 2 aliphatic rings. The summed E-state index contributed by atoms with van der Waals surface area (Å²) < 4.78 is 0. The molecule has 0 bridgehead atoms. The first-order chi connectivity index (χ1) is 13.1. The van der Waals surface area contributed by atoms with Crippen LogP contribution in [0.2, 0.25) is 0 Å². The number of anilines is 1. The number of fused-ring (bicyclic) bond motifs is 2. The average molecular weight is 362 g/mol. The summed E-state index contributed by atoms with van der Waals surface area (Å²) in [6.45, 7) is 3.05. The number of hydrogen-bond donors (Lipinski definition) is 0. The van der Waals surface area contributed by atoms with Gasteiger partial charge in [0.1, 0.15) is 0 Å². The fraction of sp³-hybridized carbons (Fsp3) is 0.318. The summed E-state index contributed by atoms with van der Waals surface area (Å²) in [7, 11) is 0. The van der Waals surface area contributed by atoms with Gasteiger partial charge in [-0.1, -0.05) is 29.8 Å². The molecule has 0 saturated heterocycles. The highest BCUT2D eigenvalue weighted by Crippen LogP contribution is 2.29. The number of aryl methyl sites for hydroxylation is 2. The van der Waals surface area contributed by atoms with Crippen molar-refractivity contribution in [1.29, 1.82) is 0 Å². The molecule has 2 aromatic carbocycles. The summed E-state index contributed by atoms with van der Waals surface area (Å²) in [5.74, 6) is -0.472. The van der Waals surface area contributed by atoms with Gasteiger partial charge in [0.15, 0.2) is 0 Å². The van der Waals surface area contributed by atoms with E-state index in [0.29, 0.717) is 24.0 Å². The predicted molar refractivity (Wildman–Crippen MR) is 103 cm³/mol. The molecule has 5 heteroatoms. The van der Waals surface area contributed by atoms with Gasteiger partial charge in [-0.05, 0) is 49.9 Å². The second-order valence-corrected chi connectivity index (χ2v) is 7.19. The normalized spacial score (nSPS) is 15.7. The zero-order chi connectivity index (χ0) is 19.0. The summed E-state index contributed by atoms with van der Waals surface area (Å²) in [5, 5.41) is 0.